The number of halogens is 1. The zero-order chi connectivity index (χ0) is 12.3. The fourth-order valence-corrected chi connectivity index (χ4v) is 2.51. The molecular formula is C13H17ClO3. The lowest BCUT2D eigenvalue weighted by molar-refractivity contribution is 0.0928. The van der Waals surface area contributed by atoms with E-state index in [9.17, 15) is 0 Å². The van der Waals surface area contributed by atoms with E-state index in [0.717, 1.165) is 30.1 Å². The van der Waals surface area contributed by atoms with Crippen molar-refractivity contribution in [2.45, 2.75) is 12.5 Å². The molecule has 1 aromatic carbocycles. The molecule has 0 N–H and O–H groups in total. The highest BCUT2D eigenvalue weighted by molar-refractivity contribution is 6.18. The van der Waals surface area contributed by atoms with Gasteiger partial charge in [-0.25, -0.2) is 0 Å². The van der Waals surface area contributed by atoms with Crippen molar-refractivity contribution in [3.05, 3.63) is 23.8 Å². The normalized spacial score (nSPS) is 23.7. The van der Waals surface area contributed by atoms with Gasteiger partial charge in [0.2, 0.25) is 0 Å². The maximum Gasteiger partial charge on any atom is 0.128 e. The lowest BCUT2D eigenvalue weighted by Gasteiger charge is -2.19. The predicted octanol–water partition coefficient (Wildman–Crippen LogP) is 3.02. The Kier molecular flexibility index (Phi) is 4.13. The quantitative estimate of drug-likeness (QED) is 0.775. The van der Waals surface area contributed by atoms with Gasteiger partial charge in [-0.05, 0) is 18.6 Å². The van der Waals surface area contributed by atoms with Crippen LogP contribution in [0.5, 0.6) is 11.5 Å². The van der Waals surface area contributed by atoms with E-state index >= 15 is 0 Å². The Balaban J connectivity index is 2.30. The lowest BCUT2D eigenvalue weighted by Crippen LogP contribution is -2.10. The van der Waals surface area contributed by atoms with Crippen molar-refractivity contribution < 1.29 is 14.2 Å². The van der Waals surface area contributed by atoms with Crippen LogP contribution in [0.2, 0.25) is 0 Å². The summed E-state index contributed by atoms with van der Waals surface area (Å²) in [5.41, 5.74) is 1.05. The molecule has 0 bridgehead atoms. The Morgan fingerprint density at radius 3 is 2.82 bits per heavy atom. The van der Waals surface area contributed by atoms with Gasteiger partial charge in [0.25, 0.3) is 0 Å². The zero-order valence-corrected chi connectivity index (χ0v) is 10.9. The Morgan fingerprint density at radius 1 is 1.35 bits per heavy atom. The maximum absolute atomic E-state index is 5.96. The number of hydrogen-bond acceptors (Lipinski definition) is 3. The molecule has 3 nitrogen and oxygen atoms in total. The molecule has 4 heteroatoms. The van der Waals surface area contributed by atoms with E-state index in [-0.39, 0.29) is 6.10 Å². The van der Waals surface area contributed by atoms with E-state index in [1.165, 1.54) is 0 Å². The summed E-state index contributed by atoms with van der Waals surface area (Å²) in [6.45, 7) is 0.761. The molecule has 0 saturated carbocycles. The summed E-state index contributed by atoms with van der Waals surface area (Å²) in [4.78, 5) is 0. The average molecular weight is 257 g/mol. The highest BCUT2D eigenvalue weighted by Gasteiger charge is 2.31. The molecule has 1 fully saturated rings. The Labute approximate surface area is 107 Å². The molecule has 2 rings (SSSR count). The van der Waals surface area contributed by atoms with Gasteiger partial charge >= 0.3 is 0 Å². The predicted molar refractivity (Wildman–Crippen MR) is 67.1 cm³/mol. The third kappa shape index (κ3) is 2.50. The van der Waals surface area contributed by atoms with Gasteiger partial charge in [0.1, 0.15) is 11.5 Å². The molecular weight excluding hydrogens is 240 g/mol. The second-order valence-electron chi connectivity index (χ2n) is 4.10. The third-order valence-electron chi connectivity index (χ3n) is 3.16. The van der Waals surface area contributed by atoms with Gasteiger partial charge in [0.15, 0.2) is 0 Å². The number of benzene rings is 1. The van der Waals surface area contributed by atoms with Crippen molar-refractivity contribution in [3.8, 4) is 11.5 Å². The maximum atomic E-state index is 5.96. The lowest BCUT2D eigenvalue weighted by atomic mass is 9.96. The molecule has 2 unspecified atom stereocenters. The van der Waals surface area contributed by atoms with E-state index < -0.39 is 0 Å². The van der Waals surface area contributed by atoms with Crippen LogP contribution in [-0.4, -0.2) is 26.7 Å². The molecule has 0 spiro atoms. The molecule has 0 aliphatic carbocycles. The molecule has 0 amide bonds. The topological polar surface area (TPSA) is 27.7 Å². The monoisotopic (exact) mass is 256 g/mol. The minimum absolute atomic E-state index is 0.0355. The number of alkyl halides is 1. The highest BCUT2D eigenvalue weighted by Crippen LogP contribution is 2.40. The fraction of sp³-hybridized carbons (Fsp3) is 0.538. The van der Waals surface area contributed by atoms with Crippen molar-refractivity contribution in [1.29, 1.82) is 0 Å². The van der Waals surface area contributed by atoms with Gasteiger partial charge in [-0.15, -0.1) is 11.6 Å². The van der Waals surface area contributed by atoms with Gasteiger partial charge < -0.3 is 14.2 Å². The molecule has 2 atom stereocenters. The molecule has 0 aromatic heterocycles. The minimum atomic E-state index is 0.0355. The second kappa shape index (κ2) is 5.61. The smallest absolute Gasteiger partial charge is 0.128 e. The SMILES string of the molecule is COc1ccc(C2OCCC2CCl)c(OC)c1. The van der Waals surface area contributed by atoms with Crippen LogP contribution in [0.3, 0.4) is 0 Å². The first-order valence-electron chi connectivity index (χ1n) is 5.69. The average Bonchev–Trinajstić information content (AvgIpc) is 2.85. The number of methoxy groups -OCH3 is 2. The summed E-state index contributed by atoms with van der Waals surface area (Å²) in [7, 11) is 3.30. The molecule has 1 heterocycles. The summed E-state index contributed by atoms with van der Waals surface area (Å²) in [6, 6.07) is 5.79. The zero-order valence-electron chi connectivity index (χ0n) is 10.1. The van der Waals surface area contributed by atoms with Crippen LogP contribution in [-0.2, 0) is 4.74 Å². The van der Waals surface area contributed by atoms with Crippen molar-refractivity contribution in [2.75, 3.05) is 26.7 Å². The van der Waals surface area contributed by atoms with Gasteiger partial charge in [0.05, 0.1) is 20.3 Å². The first-order valence-corrected chi connectivity index (χ1v) is 6.23. The van der Waals surface area contributed by atoms with E-state index in [0.29, 0.717) is 11.8 Å². The van der Waals surface area contributed by atoms with Gasteiger partial charge in [-0.1, -0.05) is 0 Å². The Bertz CT molecular complexity index is 381. The standard InChI is InChI=1S/C13H17ClO3/c1-15-10-3-4-11(12(7-10)16-2)13-9(8-14)5-6-17-13/h3-4,7,9,13H,5-6,8H2,1-2H3. The van der Waals surface area contributed by atoms with Crippen molar-refractivity contribution in [3.63, 3.8) is 0 Å². The van der Waals surface area contributed by atoms with E-state index in [4.69, 9.17) is 25.8 Å². The van der Waals surface area contributed by atoms with Crippen LogP contribution in [0.25, 0.3) is 0 Å². The van der Waals surface area contributed by atoms with Crippen LogP contribution in [0.1, 0.15) is 18.1 Å². The van der Waals surface area contributed by atoms with Crippen LogP contribution in [0.4, 0.5) is 0 Å². The number of rotatable bonds is 4. The van der Waals surface area contributed by atoms with E-state index in [1.54, 1.807) is 14.2 Å². The Hall–Kier alpha value is -0.930. The highest BCUT2D eigenvalue weighted by atomic mass is 35.5. The Morgan fingerprint density at radius 2 is 2.18 bits per heavy atom. The van der Waals surface area contributed by atoms with Crippen molar-refractivity contribution in [2.24, 2.45) is 5.92 Å². The first-order chi connectivity index (χ1) is 8.30. The minimum Gasteiger partial charge on any atom is -0.497 e. The van der Waals surface area contributed by atoms with Crippen molar-refractivity contribution in [1.82, 2.24) is 0 Å². The van der Waals surface area contributed by atoms with Crippen LogP contribution >= 0.6 is 11.6 Å². The summed E-state index contributed by atoms with van der Waals surface area (Å²) in [5.74, 6) is 2.55. The van der Waals surface area contributed by atoms with Gasteiger partial charge in [0, 0.05) is 30.0 Å². The molecule has 1 aromatic rings. The molecule has 94 valence electrons. The fourth-order valence-electron chi connectivity index (χ4n) is 2.19. The number of hydrogen-bond donors (Lipinski definition) is 0. The summed E-state index contributed by atoms with van der Waals surface area (Å²) in [5, 5.41) is 0. The second-order valence-corrected chi connectivity index (χ2v) is 4.41. The van der Waals surface area contributed by atoms with Gasteiger partial charge in [-0.2, -0.15) is 0 Å². The summed E-state index contributed by atoms with van der Waals surface area (Å²) < 4.78 is 16.3. The third-order valence-corrected chi connectivity index (χ3v) is 3.56. The molecule has 1 saturated heterocycles. The van der Waals surface area contributed by atoms with Crippen molar-refractivity contribution >= 4 is 11.6 Å². The largest absolute Gasteiger partial charge is 0.497 e. The van der Waals surface area contributed by atoms with E-state index in [1.807, 2.05) is 18.2 Å². The first kappa shape index (κ1) is 12.5. The van der Waals surface area contributed by atoms with Gasteiger partial charge in [-0.3, -0.25) is 0 Å². The summed E-state index contributed by atoms with van der Waals surface area (Å²) in [6.07, 6.45) is 1.04. The number of ether oxygens (including phenoxy) is 3. The van der Waals surface area contributed by atoms with Crippen LogP contribution < -0.4 is 9.47 Å². The molecule has 0 radical (unpaired) electrons. The molecule has 1 aliphatic rings. The van der Waals surface area contributed by atoms with Crippen LogP contribution in [0.15, 0.2) is 18.2 Å². The molecule has 1 aliphatic heterocycles. The summed E-state index contributed by atoms with van der Waals surface area (Å²) >= 11 is 5.96. The van der Waals surface area contributed by atoms with Crippen LogP contribution in [0, 0.1) is 5.92 Å². The van der Waals surface area contributed by atoms with E-state index in [2.05, 4.69) is 0 Å². The molecule has 17 heavy (non-hydrogen) atoms.